The van der Waals surface area contributed by atoms with Crippen molar-refractivity contribution in [3.05, 3.63) is 47.0 Å². The van der Waals surface area contributed by atoms with E-state index in [1.165, 1.54) is 24.4 Å². The van der Waals surface area contributed by atoms with E-state index in [2.05, 4.69) is 49.7 Å². The molecule has 2 aromatic rings. The fourth-order valence-corrected chi connectivity index (χ4v) is 2.30. The topological polar surface area (TPSA) is 17.8 Å². The van der Waals surface area contributed by atoms with Gasteiger partial charge in [-0.15, -0.1) is 0 Å². The Bertz CT molecular complexity index is 472. The molecule has 0 spiro atoms. The molecule has 1 aliphatic rings. The molecule has 0 amide bonds. The van der Waals surface area contributed by atoms with Crippen molar-refractivity contribution < 1.29 is 0 Å². The first-order valence-corrected chi connectivity index (χ1v) is 5.94. The van der Waals surface area contributed by atoms with Gasteiger partial charge in [-0.2, -0.15) is 0 Å². The van der Waals surface area contributed by atoms with Crippen LogP contribution in [0, 0.1) is 0 Å². The normalized spacial score (nSPS) is 15.5. The van der Waals surface area contributed by atoms with Crippen LogP contribution in [0.15, 0.2) is 41.1 Å². The third kappa shape index (κ3) is 1.61. The van der Waals surface area contributed by atoms with Crippen LogP contribution in [-0.2, 0) is 0 Å². The van der Waals surface area contributed by atoms with Crippen LogP contribution < -0.4 is 0 Å². The summed E-state index contributed by atoms with van der Waals surface area (Å²) in [7, 11) is 0. The van der Waals surface area contributed by atoms with E-state index in [0.29, 0.717) is 5.92 Å². The number of halogens is 1. The van der Waals surface area contributed by atoms with Crippen LogP contribution in [0.1, 0.15) is 24.6 Å². The minimum absolute atomic E-state index is 0.663. The van der Waals surface area contributed by atoms with Gasteiger partial charge in [-0.3, -0.25) is 4.57 Å². The second kappa shape index (κ2) is 3.49. The highest BCUT2D eigenvalue weighted by Gasteiger charge is 2.29. The molecule has 0 radical (unpaired) electrons. The molecule has 1 heterocycles. The highest BCUT2D eigenvalue weighted by Crippen LogP contribution is 2.41. The van der Waals surface area contributed by atoms with E-state index in [-0.39, 0.29) is 0 Å². The summed E-state index contributed by atoms with van der Waals surface area (Å²) in [6.45, 7) is 0. The Labute approximate surface area is 97.1 Å². The van der Waals surface area contributed by atoms with Crippen LogP contribution in [0.3, 0.4) is 0 Å². The molecule has 1 saturated carbocycles. The minimum atomic E-state index is 0.663. The lowest BCUT2D eigenvalue weighted by molar-refractivity contribution is 0.870. The molecule has 1 aliphatic carbocycles. The summed E-state index contributed by atoms with van der Waals surface area (Å²) < 4.78 is 3.23. The Kier molecular flexibility index (Phi) is 2.13. The highest BCUT2D eigenvalue weighted by atomic mass is 79.9. The number of aromatic nitrogens is 2. The molecule has 0 bridgehead atoms. The fourth-order valence-electron chi connectivity index (χ4n) is 1.81. The van der Waals surface area contributed by atoms with Gasteiger partial charge in [0, 0.05) is 11.6 Å². The maximum atomic E-state index is 4.47. The Morgan fingerprint density at radius 3 is 2.60 bits per heavy atom. The Hall–Kier alpha value is -1.09. The molecule has 15 heavy (non-hydrogen) atoms. The third-order valence-corrected chi connectivity index (χ3v) is 3.26. The van der Waals surface area contributed by atoms with Crippen LogP contribution in [0.25, 0.3) is 5.69 Å². The van der Waals surface area contributed by atoms with Crippen LogP contribution >= 0.6 is 15.9 Å². The van der Waals surface area contributed by atoms with Gasteiger partial charge in [0.15, 0.2) is 0 Å². The van der Waals surface area contributed by atoms with Crippen LogP contribution in [-0.4, -0.2) is 9.55 Å². The lowest BCUT2D eigenvalue weighted by atomic mass is 10.3. The molecule has 76 valence electrons. The standard InChI is InChI=1S/C12H11BrN2/c13-11-8-14-12(9-6-7-9)15(11)10-4-2-1-3-5-10/h1-5,8-9H,6-7H2. The molecule has 0 aliphatic heterocycles. The Morgan fingerprint density at radius 2 is 1.93 bits per heavy atom. The van der Waals surface area contributed by atoms with E-state index in [1.54, 1.807) is 0 Å². The number of imidazole rings is 1. The molecule has 2 nitrogen and oxygen atoms in total. The van der Waals surface area contributed by atoms with Gasteiger partial charge >= 0.3 is 0 Å². The first-order valence-electron chi connectivity index (χ1n) is 5.15. The van der Waals surface area contributed by atoms with Crippen molar-refractivity contribution >= 4 is 15.9 Å². The molecule has 1 fully saturated rings. The van der Waals surface area contributed by atoms with E-state index in [0.717, 1.165) is 4.60 Å². The van der Waals surface area contributed by atoms with Gasteiger partial charge in [0.1, 0.15) is 10.4 Å². The summed E-state index contributed by atoms with van der Waals surface area (Å²) in [6.07, 6.45) is 4.44. The van der Waals surface area contributed by atoms with Gasteiger partial charge in [-0.25, -0.2) is 4.98 Å². The smallest absolute Gasteiger partial charge is 0.117 e. The van der Waals surface area contributed by atoms with Crippen molar-refractivity contribution in [2.75, 3.05) is 0 Å². The molecular formula is C12H11BrN2. The van der Waals surface area contributed by atoms with Gasteiger partial charge in [-0.05, 0) is 40.9 Å². The second-order valence-electron chi connectivity index (χ2n) is 3.88. The number of para-hydroxylation sites is 1. The maximum Gasteiger partial charge on any atom is 0.117 e. The van der Waals surface area contributed by atoms with Crippen LogP contribution in [0.4, 0.5) is 0 Å². The largest absolute Gasteiger partial charge is 0.291 e. The molecule has 3 rings (SSSR count). The molecule has 1 aromatic carbocycles. The number of hydrogen-bond donors (Lipinski definition) is 0. The molecule has 0 atom stereocenters. The fraction of sp³-hybridized carbons (Fsp3) is 0.250. The second-order valence-corrected chi connectivity index (χ2v) is 4.70. The highest BCUT2D eigenvalue weighted by molar-refractivity contribution is 9.10. The predicted octanol–water partition coefficient (Wildman–Crippen LogP) is 3.51. The summed E-state index contributed by atoms with van der Waals surface area (Å²) in [5.41, 5.74) is 1.18. The van der Waals surface area contributed by atoms with Crippen molar-refractivity contribution in [1.29, 1.82) is 0 Å². The number of nitrogens with zero attached hydrogens (tertiary/aromatic N) is 2. The first-order chi connectivity index (χ1) is 7.36. The molecular weight excluding hydrogens is 252 g/mol. The summed E-state index contributed by atoms with van der Waals surface area (Å²) in [6, 6.07) is 10.4. The van der Waals surface area contributed by atoms with E-state index in [9.17, 15) is 0 Å². The summed E-state index contributed by atoms with van der Waals surface area (Å²) >= 11 is 3.55. The van der Waals surface area contributed by atoms with Gasteiger partial charge in [0.2, 0.25) is 0 Å². The minimum Gasteiger partial charge on any atom is -0.291 e. The lowest BCUT2D eigenvalue weighted by Gasteiger charge is -2.08. The number of benzene rings is 1. The SMILES string of the molecule is Brc1cnc(C2CC2)n1-c1ccccc1. The van der Waals surface area contributed by atoms with Crippen molar-refractivity contribution in [1.82, 2.24) is 9.55 Å². The average Bonchev–Trinajstić information content (AvgIpc) is 3.04. The molecule has 0 unspecified atom stereocenters. The zero-order valence-corrected chi connectivity index (χ0v) is 9.81. The lowest BCUT2D eigenvalue weighted by Crippen LogP contribution is -1.99. The number of hydrogen-bond acceptors (Lipinski definition) is 1. The van der Waals surface area contributed by atoms with Gasteiger partial charge in [0.25, 0.3) is 0 Å². The van der Waals surface area contributed by atoms with Crippen molar-refractivity contribution in [2.24, 2.45) is 0 Å². The van der Waals surface area contributed by atoms with E-state index in [4.69, 9.17) is 0 Å². The molecule has 1 aromatic heterocycles. The van der Waals surface area contributed by atoms with E-state index >= 15 is 0 Å². The first kappa shape index (κ1) is 9.16. The Balaban J connectivity index is 2.13. The van der Waals surface area contributed by atoms with Crippen LogP contribution in [0.2, 0.25) is 0 Å². The van der Waals surface area contributed by atoms with Crippen LogP contribution in [0.5, 0.6) is 0 Å². The monoisotopic (exact) mass is 262 g/mol. The van der Waals surface area contributed by atoms with Crippen molar-refractivity contribution in [3.8, 4) is 5.69 Å². The average molecular weight is 263 g/mol. The maximum absolute atomic E-state index is 4.47. The van der Waals surface area contributed by atoms with E-state index in [1.807, 2.05) is 12.3 Å². The van der Waals surface area contributed by atoms with Crippen molar-refractivity contribution in [3.63, 3.8) is 0 Å². The van der Waals surface area contributed by atoms with Gasteiger partial charge in [0.05, 0.1) is 6.20 Å². The quantitative estimate of drug-likeness (QED) is 0.810. The summed E-state index contributed by atoms with van der Waals surface area (Å²) in [5.74, 6) is 1.85. The summed E-state index contributed by atoms with van der Waals surface area (Å²) in [4.78, 5) is 4.47. The molecule has 0 N–H and O–H groups in total. The molecule has 0 saturated heterocycles. The van der Waals surface area contributed by atoms with Gasteiger partial charge in [-0.1, -0.05) is 18.2 Å². The van der Waals surface area contributed by atoms with Crippen molar-refractivity contribution in [2.45, 2.75) is 18.8 Å². The third-order valence-electron chi connectivity index (χ3n) is 2.70. The van der Waals surface area contributed by atoms with Gasteiger partial charge < -0.3 is 0 Å². The zero-order chi connectivity index (χ0) is 10.3. The molecule has 3 heteroatoms. The number of rotatable bonds is 2. The predicted molar refractivity (Wildman–Crippen MR) is 63.2 cm³/mol. The Morgan fingerprint density at radius 1 is 1.20 bits per heavy atom. The summed E-state index contributed by atoms with van der Waals surface area (Å²) in [5, 5.41) is 0. The van der Waals surface area contributed by atoms with E-state index < -0.39 is 0 Å². The zero-order valence-electron chi connectivity index (χ0n) is 8.23.